The number of hydrogen-bond donors (Lipinski definition) is 0. The van der Waals surface area contributed by atoms with Crippen LogP contribution in [-0.2, 0) is 6.18 Å². The number of nitriles is 1. The Kier molecular flexibility index (Phi) is 5.31. The minimum atomic E-state index is -4.56. The maximum atomic E-state index is 13.2. The van der Waals surface area contributed by atoms with Crippen molar-refractivity contribution in [3.05, 3.63) is 41.6 Å². The van der Waals surface area contributed by atoms with Gasteiger partial charge in [0.15, 0.2) is 0 Å². The smallest absolute Gasteiger partial charge is 0.368 e. The lowest BCUT2D eigenvalue weighted by atomic mass is 10.1. The van der Waals surface area contributed by atoms with Gasteiger partial charge in [-0.25, -0.2) is 4.98 Å². The van der Waals surface area contributed by atoms with Crippen LogP contribution in [0.2, 0.25) is 0 Å². The average Bonchev–Trinajstić information content (AvgIpc) is 3.16. The zero-order valence-corrected chi connectivity index (χ0v) is 15.9. The summed E-state index contributed by atoms with van der Waals surface area (Å²) in [6.45, 7) is 1.04. The number of alkyl halides is 3. The van der Waals surface area contributed by atoms with Crippen LogP contribution < -0.4 is 14.7 Å². The highest BCUT2D eigenvalue weighted by molar-refractivity contribution is 5.64. The highest BCUT2D eigenvalue weighted by Crippen LogP contribution is 2.37. The summed E-state index contributed by atoms with van der Waals surface area (Å²) < 4.78 is 39.7. The molecule has 1 unspecified atom stereocenters. The Morgan fingerprint density at radius 2 is 1.96 bits per heavy atom. The molecule has 1 aliphatic rings. The molecule has 1 aliphatic heterocycles. The number of anilines is 3. The molecule has 1 fully saturated rings. The van der Waals surface area contributed by atoms with E-state index in [0.29, 0.717) is 24.7 Å². The summed E-state index contributed by atoms with van der Waals surface area (Å²) >= 11 is 0. The Hall–Kier alpha value is -3.02. The van der Waals surface area contributed by atoms with E-state index in [9.17, 15) is 18.4 Å². The lowest BCUT2D eigenvalue weighted by molar-refractivity contribution is -0.137. The van der Waals surface area contributed by atoms with E-state index in [4.69, 9.17) is 0 Å². The van der Waals surface area contributed by atoms with Gasteiger partial charge in [0.05, 0.1) is 22.9 Å². The standard InChI is InChI=1S/C19H21F3N6/c1-26(2)17-7-9-24-18(25-17)27(3)13-8-10-28(12-13)16-6-4-5-15(14(16)11-23)19(20,21)22/h4-7,9,13H,8,10,12H2,1-3H3. The molecule has 1 saturated heterocycles. The van der Waals surface area contributed by atoms with Crippen molar-refractivity contribution in [2.75, 3.05) is 48.9 Å². The van der Waals surface area contributed by atoms with Crippen LogP contribution in [0.3, 0.4) is 0 Å². The van der Waals surface area contributed by atoms with Gasteiger partial charge in [-0.1, -0.05) is 6.07 Å². The second-order valence-corrected chi connectivity index (χ2v) is 6.92. The molecule has 148 valence electrons. The van der Waals surface area contributed by atoms with Crippen molar-refractivity contribution < 1.29 is 13.2 Å². The summed E-state index contributed by atoms with van der Waals surface area (Å²) in [6.07, 6.45) is -2.15. The van der Waals surface area contributed by atoms with Crippen molar-refractivity contribution >= 4 is 17.5 Å². The normalized spacial score (nSPS) is 16.8. The van der Waals surface area contributed by atoms with Crippen molar-refractivity contribution in [2.24, 2.45) is 0 Å². The van der Waals surface area contributed by atoms with Crippen LogP contribution in [0.4, 0.5) is 30.6 Å². The van der Waals surface area contributed by atoms with Gasteiger partial charge in [0, 0.05) is 40.4 Å². The van der Waals surface area contributed by atoms with E-state index in [1.165, 1.54) is 6.07 Å². The molecule has 2 heterocycles. The van der Waals surface area contributed by atoms with Gasteiger partial charge in [-0.3, -0.25) is 0 Å². The van der Waals surface area contributed by atoms with E-state index < -0.39 is 11.7 Å². The lowest BCUT2D eigenvalue weighted by Crippen LogP contribution is -2.36. The third-order valence-electron chi connectivity index (χ3n) is 4.91. The number of benzene rings is 1. The van der Waals surface area contributed by atoms with Gasteiger partial charge >= 0.3 is 6.18 Å². The third kappa shape index (κ3) is 3.81. The van der Waals surface area contributed by atoms with Gasteiger partial charge in [-0.2, -0.15) is 23.4 Å². The van der Waals surface area contributed by atoms with Crippen molar-refractivity contribution in [2.45, 2.75) is 18.6 Å². The number of nitrogens with zero attached hydrogens (tertiary/aromatic N) is 6. The summed E-state index contributed by atoms with van der Waals surface area (Å²) in [7, 11) is 5.65. The van der Waals surface area contributed by atoms with Gasteiger partial charge in [0.1, 0.15) is 11.9 Å². The van der Waals surface area contributed by atoms with Crippen molar-refractivity contribution in [1.82, 2.24) is 9.97 Å². The van der Waals surface area contributed by atoms with E-state index in [2.05, 4.69) is 9.97 Å². The van der Waals surface area contributed by atoms with Crippen LogP contribution in [0.25, 0.3) is 0 Å². The fraction of sp³-hybridized carbons (Fsp3) is 0.421. The second kappa shape index (κ2) is 7.54. The van der Waals surface area contributed by atoms with Crippen molar-refractivity contribution in [3.63, 3.8) is 0 Å². The number of rotatable bonds is 4. The molecular formula is C19H21F3N6. The van der Waals surface area contributed by atoms with Gasteiger partial charge in [0.25, 0.3) is 0 Å². The van der Waals surface area contributed by atoms with Crippen LogP contribution in [0.15, 0.2) is 30.5 Å². The van der Waals surface area contributed by atoms with Crippen molar-refractivity contribution in [3.8, 4) is 6.07 Å². The van der Waals surface area contributed by atoms with E-state index in [-0.39, 0.29) is 11.6 Å². The molecule has 0 bridgehead atoms. The molecule has 0 spiro atoms. The van der Waals surface area contributed by atoms with E-state index in [1.807, 2.05) is 35.8 Å². The molecule has 0 radical (unpaired) electrons. The van der Waals surface area contributed by atoms with Crippen LogP contribution >= 0.6 is 0 Å². The molecule has 1 aromatic heterocycles. The summed E-state index contributed by atoms with van der Waals surface area (Å²) in [5, 5.41) is 9.35. The number of aromatic nitrogens is 2. The fourth-order valence-electron chi connectivity index (χ4n) is 3.36. The molecule has 1 aromatic carbocycles. The molecular weight excluding hydrogens is 369 g/mol. The fourth-order valence-corrected chi connectivity index (χ4v) is 3.36. The Labute approximate surface area is 161 Å². The largest absolute Gasteiger partial charge is 0.417 e. The Morgan fingerprint density at radius 1 is 1.21 bits per heavy atom. The molecule has 28 heavy (non-hydrogen) atoms. The predicted molar refractivity (Wildman–Crippen MR) is 102 cm³/mol. The lowest BCUT2D eigenvalue weighted by Gasteiger charge is -2.27. The van der Waals surface area contributed by atoms with E-state index in [1.54, 1.807) is 24.4 Å². The Bertz CT molecular complexity index is 890. The molecule has 0 N–H and O–H groups in total. The molecule has 1 atom stereocenters. The van der Waals surface area contributed by atoms with Crippen molar-refractivity contribution in [1.29, 1.82) is 5.26 Å². The van der Waals surface area contributed by atoms with Crippen LogP contribution in [0.5, 0.6) is 0 Å². The topological polar surface area (TPSA) is 59.3 Å². The number of hydrogen-bond acceptors (Lipinski definition) is 6. The van der Waals surface area contributed by atoms with Gasteiger partial charge in [-0.15, -0.1) is 0 Å². The number of likely N-dealkylation sites (N-methyl/N-ethyl adjacent to an activating group) is 1. The summed E-state index contributed by atoms with van der Waals surface area (Å²) in [5.74, 6) is 1.33. The van der Waals surface area contributed by atoms with Crippen LogP contribution in [0, 0.1) is 11.3 Å². The molecule has 0 aliphatic carbocycles. The van der Waals surface area contributed by atoms with Crippen LogP contribution in [-0.4, -0.2) is 50.2 Å². The SMILES string of the molecule is CN(C)c1ccnc(N(C)C2CCN(c3cccc(C(F)(F)F)c3C#N)C2)n1. The van der Waals surface area contributed by atoms with Crippen LogP contribution in [0.1, 0.15) is 17.5 Å². The maximum absolute atomic E-state index is 13.2. The third-order valence-corrected chi connectivity index (χ3v) is 4.91. The van der Waals surface area contributed by atoms with Gasteiger partial charge in [-0.05, 0) is 24.6 Å². The average molecular weight is 390 g/mol. The Morgan fingerprint density at radius 3 is 2.61 bits per heavy atom. The minimum Gasteiger partial charge on any atom is -0.368 e. The first-order chi connectivity index (χ1) is 13.2. The first kappa shape index (κ1) is 19.7. The summed E-state index contributed by atoms with van der Waals surface area (Å²) in [4.78, 5) is 14.5. The highest BCUT2D eigenvalue weighted by Gasteiger charge is 2.36. The zero-order valence-electron chi connectivity index (χ0n) is 15.9. The molecule has 0 amide bonds. The summed E-state index contributed by atoms with van der Waals surface area (Å²) in [6, 6.07) is 7.43. The molecule has 2 aromatic rings. The first-order valence-electron chi connectivity index (χ1n) is 8.81. The number of halogens is 3. The molecule has 0 saturated carbocycles. The molecule has 3 rings (SSSR count). The highest BCUT2D eigenvalue weighted by atomic mass is 19.4. The van der Waals surface area contributed by atoms with E-state index in [0.717, 1.165) is 18.3 Å². The molecule has 6 nitrogen and oxygen atoms in total. The van der Waals surface area contributed by atoms with Gasteiger partial charge in [0.2, 0.25) is 5.95 Å². The molecule has 9 heteroatoms. The monoisotopic (exact) mass is 390 g/mol. The van der Waals surface area contributed by atoms with Gasteiger partial charge < -0.3 is 14.7 Å². The predicted octanol–water partition coefficient (Wildman–Crippen LogP) is 3.15. The first-order valence-corrected chi connectivity index (χ1v) is 8.81. The quantitative estimate of drug-likeness (QED) is 0.799. The minimum absolute atomic E-state index is 0.0264. The maximum Gasteiger partial charge on any atom is 0.417 e. The second-order valence-electron chi connectivity index (χ2n) is 6.92. The summed E-state index contributed by atoms with van der Waals surface area (Å²) in [5.41, 5.74) is -0.910. The van der Waals surface area contributed by atoms with E-state index >= 15 is 0 Å². The zero-order chi connectivity index (χ0) is 20.5. The Balaban J connectivity index is 1.83.